The molecule has 0 aromatic heterocycles. The van der Waals surface area contributed by atoms with Gasteiger partial charge in [-0.1, -0.05) is 25.4 Å². The Bertz CT molecular complexity index is 473. The molecule has 0 saturated heterocycles. The minimum absolute atomic E-state index is 0.0240. The van der Waals surface area contributed by atoms with Crippen LogP contribution in [0.25, 0.3) is 0 Å². The maximum Gasteiger partial charge on any atom is 0.227 e. The van der Waals surface area contributed by atoms with E-state index >= 15 is 0 Å². The molecule has 1 aromatic rings. The minimum Gasteiger partial charge on any atom is -0.326 e. The van der Waals surface area contributed by atoms with Gasteiger partial charge < -0.3 is 5.32 Å². The van der Waals surface area contributed by atoms with Crippen molar-refractivity contribution in [2.75, 3.05) is 11.6 Å². The number of anilines is 1. The molecule has 1 amide bonds. The predicted molar refractivity (Wildman–Crippen MR) is 81.9 cm³/mol. The Morgan fingerprint density at radius 2 is 2.00 bits per heavy atom. The SMILES string of the molecule is CCC(CC)C(=O)Nc1ccc(Cl)c(C[S@@](C)=O)c1. The third-order valence-corrected chi connectivity index (χ3v) is 4.11. The number of halogens is 1. The van der Waals surface area contributed by atoms with Crippen molar-refractivity contribution < 1.29 is 9.00 Å². The number of rotatable bonds is 6. The molecular formula is C14H20ClNO2S. The number of carbonyl (C=O) groups excluding carboxylic acids is 1. The third kappa shape index (κ3) is 4.96. The van der Waals surface area contributed by atoms with Gasteiger partial charge in [-0.05, 0) is 36.6 Å². The highest BCUT2D eigenvalue weighted by atomic mass is 35.5. The van der Waals surface area contributed by atoms with Gasteiger partial charge in [0, 0.05) is 39.4 Å². The lowest BCUT2D eigenvalue weighted by atomic mass is 10.0. The van der Waals surface area contributed by atoms with Crippen LogP contribution in [-0.4, -0.2) is 16.4 Å². The lowest BCUT2D eigenvalue weighted by Gasteiger charge is -2.13. The highest BCUT2D eigenvalue weighted by molar-refractivity contribution is 7.83. The number of nitrogens with one attached hydrogen (secondary N) is 1. The Balaban J connectivity index is 2.84. The van der Waals surface area contributed by atoms with Crippen LogP contribution >= 0.6 is 11.6 Å². The molecule has 0 bridgehead atoms. The van der Waals surface area contributed by atoms with Crippen LogP contribution in [0.1, 0.15) is 32.3 Å². The van der Waals surface area contributed by atoms with Crippen LogP contribution in [-0.2, 0) is 21.3 Å². The van der Waals surface area contributed by atoms with Gasteiger partial charge in [-0.25, -0.2) is 0 Å². The highest BCUT2D eigenvalue weighted by Crippen LogP contribution is 2.22. The summed E-state index contributed by atoms with van der Waals surface area (Å²) in [7, 11) is -0.957. The summed E-state index contributed by atoms with van der Waals surface area (Å²) in [5.41, 5.74) is 1.51. The molecule has 19 heavy (non-hydrogen) atoms. The van der Waals surface area contributed by atoms with E-state index in [1.54, 1.807) is 24.5 Å². The smallest absolute Gasteiger partial charge is 0.227 e. The summed E-state index contributed by atoms with van der Waals surface area (Å²) < 4.78 is 11.3. The van der Waals surface area contributed by atoms with Crippen molar-refractivity contribution in [2.24, 2.45) is 5.92 Å². The number of hydrogen-bond acceptors (Lipinski definition) is 2. The van der Waals surface area contributed by atoms with Crippen molar-refractivity contribution in [3.8, 4) is 0 Å². The van der Waals surface area contributed by atoms with Gasteiger partial charge in [0.1, 0.15) is 0 Å². The molecule has 3 nitrogen and oxygen atoms in total. The van der Waals surface area contributed by atoms with E-state index < -0.39 is 10.8 Å². The van der Waals surface area contributed by atoms with Crippen LogP contribution in [0.2, 0.25) is 5.02 Å². The van der Waals surface area contributed by atoms with Gasteiger partial charge in [0.15, 0.2) is 0 Å². The van der Waals surface area contributed by atoms with Crippen LogP contribution in [0.15, 0.2) is 18.2 Å². The molecule has 1 atom stereocenters. The average Bonchev–Trinajstić information content (AvgIpc) is 2.34. The first kappa shape index (κ1) is 16.2. The molecule has 0 aliphatic carbocycles. The van der Waals surface area contributed by atoms with E-state index in [0.717, 1.165) is 18.4 Å². The average molecular weight is 302 g/mol. The molecular weight excluding hydrogens is 282 g/mol. The van der Waals surface area contributed by atoms with Crippen molar-refractivity contribution in [3.63, 3.8) is 0 Å². The first-order valence-electron chi connectivity index (χ1n) is 6.37. The van der Waals surface area contributed by atoms with E-state index in [9.17, 15) is 9.00 Å². The third-order valence-electron chi connectivity index (χ3n) is 3.03. The maximum atomic E-state index is 12.0. The van der Waals surface area contributed by atoms with Crippen LogP contribution in [0, 0.1) is 5.92 Å². The summed E-state index contributed by atoms with van der Waals surface area (Å²) in [6.07, 6.45) is 3.27. The Labute approximate surface area is 122 Å². The lowest BCUT2D eigenvalue weighted by molar-refractivity contribution is -0.120. The van der Waals surface area contributed by atoms with Gasteiger partial charge >= 0.3 is 0 Å². The van der Waals surface area contributed by atoms with E-state index in [0.29, 0.717) is 16.5 Å². The summed E-state index contributed by atoms with van der Waals surface area (Å²) in [5, 5.41) is 3.47. The molecule has 0 fully saturated rings. The van der Waals surface area contributed by atoms with Crippen LogP contribution in [0.3, 0.4) is 0 Å². The molecule has 5 heteroatoms. The minimum atomic E-state index is -0.957. The zero-order valence-electron chi connectivity index (χ0n) is 11.5. The molecule has 0 spiro atoms. The molecule has 0 saturated carbocycles. The molecule has 1 aromatic carbocycles. The van der Waals surface area contributed by atoms with E-state index in [2.05, 4.69) is 5.32 Å². The zero-order valence-corrected chi connectivity index (χ0v) is 13.1. The summed E-state index contributed by atoms with van der Waals surface area (Å²) in [6, 6.07) is 5.29. The molecule has 0 aliphatic rings. The van der Waals surface area contributed by atoms with Gasteiger partial charge in [0.2, 0.25) is 5.91 Å². The Kier molecular flexibility index (Phi) is 6.52. The Morgan fingerprint density at radius 3 is 2.53 bits per heavy atom. The summed E-state index contributed by atoms with van der Waals surface area (Å²) >= 11 is 6.05. The van der Waals surface area contributed by atoms with Crippen molar-refractivity contribution >= 4 is 34.0 Å². The second kappa shape index (κ2) is 7.65. The fraction of sp³-hybridized carbons (Fsp3) is 0.500. The molecule has 0 radical (unpaired) electrons. The maximum absolute atomic E-state index is 12.0. The second-order valence-corrected chi connectivity index (χ2v) is 6.37. The van der Waals surface area contributed by atoms with E-state index in [1.165, 1.54) is 0 Å². The van der Waals surface area contributed by atoms with Crippen molar-refractivity contribution in [1.29, 1.82) is 0 Å². The van der Waals surface area contributed by atoms with Gasteiger partial charge in [-0.15, -0.1) is 0 Å². The fourth-order valence-corrected chi connectivity index (χ4v) is 2.83. The first-order chi connectivity index (χ1) is 8.97. The lowest BCUT2D eigenvalue weighted by Crippen LogP contribution is -2.21. The number of carbonyl (C=O) groups is 1. The largest absolute Gasteiger partial charge is 0.326 e. The zero-order chi connectivity index (χ0) is 14.4. The monoisotopic (exact) mass is 301 g/mol. The normalized spacial score (nSPS) is 12.5. The van der Waals surface area contributed by atoms with Crippen LogP contribution < -0.4 is 5.32 Å². The van der Waals surface area contributed by atoms with Crippen molar-refractivity contribution in [3.05, 3.63) is 28.8 Å². The molecule has 1 N–H and O–H groups in total. The summed E-state index contributed by atoms with van der Waals surface area (Å²) in [4.78, 5) is 12.0. The molecule has 0 unspecified atom stereocenters. The summed E-state index contributed by atoms with van der Waals surface area (Å²) in [5.74, 6) is 0.448. The second-order valence-electron chi connectivity index (χ2n) is 4.53. The standard InChI is InChI=1S/C14H20ClNO2S/c1-4-10(5-2)14(17)16-12-6-7-13(15)11(8-12)9-19(3)18/h6-8,10H,4-5,9H2,1-3H3,(H,16,17)/t19-/m1/s1. The van der Waals surface area contributed by atoms with Gasteiger partial charge in [0.05, 0.1) is 0 Å². The number of benzene rings is 1. The number of hydrogen-bond donors (Lipinski definition) is 1. The Morgan fingerprint density at radius 1 is 1.37 bits per heavy atom. The van der Waals surface area contributed by atoms with Crippen molar-refractivity contribution in [2.45, 2.75) is 32.4 Å². The quantitative estimate of drug-likeness (QED) is 0.872. The highest BCUT2D eigenvalue weighted by Gasteiger charge is 2.14. The Hall–Kier alpha value is -0.870. The molecule has 0 aliphatic heterocycles. The summed E-state index contributed by atoms with van der Waals surface area (Å²) in [6.45, 7) is 4.00. The molecule has 106 valence electrons. The van der Waals surface area contributed by atoms with Gasteiger partial charge in [-0.2, -0.15) is 0 Å². The van der Waals surface area contributed by atoms with Crippen LogP contribution in [0.4, 0.5) is 5.69 Å². The van der Waals surface area contributed by atoms with Gasteiger partial charge in [-0.3, -0.25) is 9.00 Å². The molecule has 1 rings (SSSR count). The van der Waals surface area contributed by atoms with Gasteiger partial charge in [0.25, 0.3) is 0 Å². The van der Waals surface area contributed by atoms with E-state index in [4.69, 9.17) is 11.6 Å². The van der Waals surface area contributed by atoms with Crippen molar-refractivity contribution in [1.82, 2.24) is 0 Å². The topological polar surface area (TPSA) is 46.2 Å². The fourth-order valence-electron chi connectivity index (χ4n) is 1.89. The number of amides is 1. The molecule has 0 heterocycles. The predicted octanol–water partition coefficient (Wildman–Crippen LogP) is 3.59. The van der Waals surface area contributed by atoms with E-state index in [1.807, 2.05) is 13.8 Å². The van der Waals surface area contributed by atoms with E-state index in [-0.39, 0.29) is 11.8 Å². The van der Waals surface area contributed by atoms with Crippen LogP contribution in [0.5, 0.6) is 0 Å². The first-order valence-corrected chi connectivity index (χ1v) is 8.47.